The number of ether oxygens (including phenoxy) is 4. The maximum Gasteiger partial charge on any atom is 0.342 e. The first-order valence-electron chi connectivity index (χ1n) is 14.2. The summed E-state index contributed by atoms with van der Waals surface area (Å²) < 4.78 is 22.5. The number of fused-ring (bicyclic) bond motifs is 1. The lowest BCUT2D eigenvalue weighted by atomic mass is 9.73. The van der Waals surface area contributed by atoms with Gasteiger partial charge in [0, 0.05) is 45.0 Å². The van der Waals surface area contributed by atoms with Gasteiger partial charge in [-0.3, -0.25) is 4.79 Å². The van der Waals surface area contributed by atoms with Crippen molar-refractivity contribution in [1.29, 1.82) is 0 Å². The molecule has 2 unspecified atom stereocenters. The number of carbonyl (C=O) groups excluding carboxylic acids is 2. The summed E-state index contributed by atoms with van der Waals surface area (Å²) in [6.07, 6.45) is -7.85. The molecule has 1 aromatic carbocycles. The van der Waals surface area contributed by atoms with Crippen molar-refractivity contribution in [2.45, 2.75) is 108 Å². The van der Waals surface area contributed by atoms with Gasteiger partial charge >= 0.3 is 5.97 Å². The minimum Gasteiger partial charge on any atom is -0.508 e. The topological polar surface area (TPSA) is 210 Å². The molecule has 1 saturated heterocycles. The minimum absolute atomic E-state index is 0.0508. The number of aliphatic hydroxyl groups is 3. The number of aliphatic hydroxyl groups excluding tert-OH is 3. The van der Waals surface area contributed by atoms with Gasteiger partial charge in [0.25, 0.3) is 5.91 Å². The molecule has 1 fully saturated rings. The molecule has 3 rings (SSSR count). The summed E-state index contributed by atoms with van der Waals surface area (Å²) in [5.74, 6) is -2.17. The van der Waals surface area contributed by atoms with E-state index in [4.69, 9.17) is 24.7 Å². The minimum atomic E-state index is -1.52. The van der Waals surface area contributed by atoms with Crippen molar-refractivity contribution in [2.75, 3.05) is 14.2 Å². The quantitative estimate of drug-likeness (QED) is 0.0982. The number of hydrogen-bond acceptors (Lipinski definition) is 12. The van der Waals surface area contributed by atoms with E-state index in [9.17, 15) is 35.1 Å². The Labute approximate surface area is 251 Å². The first kappa shape index (κ1) is 34.7. The Hall–Kier alpha value is -2.78. The molecule has 13 heteroatoms. The zero-order valence-electron chi connectivity index (χ0n) is 25.6. The summed E-state index contributed by atoms with van der Waals surface area (Å²) in [5, 5.41) is 55.7. The van der Waals surface area contributed by atoms with E-state index < -0.39 is 78.0 Å². The highest BCUT2D eigenvalue weighted by molar-refractivity contribution is 5.96. The molecule has 9 atom stereocenters. The summed E-state index contributed by atoms with van der Waals surface area (Å²) in [6, 6.07) is -0.00573. The highest BCUT2D eigenvalue weighted by atomic mass is 16.6. The van der Waals surface area contributed by atoms with Crippen LogP contribution >= 0.6 is 0 Å². The average Bonchev–Trinajstić information content (AvgIpc) is 2.94. The SMILES string of the molecule is C=C(C)C[C@H](OC)C(O)C(=O)N[C@@H](OC)[C@@H]1C[C@@H](O)C(C)(C)C(C[C@H](O)[C@@H](N)[C@H]2Cc3c(C)c(O)cc(O)c3C(=O)O2)O1. The molecule has 43 heavy (non-hydrogen) atoms. The number of hydrogen-bond donors (Lipinski definition) is 7. The first-order chi connectivity index (χ1) is 20.0. The van der Waals surface area contributed by atoms with E-state index in [0.717, 1.165) is 11.6 Å². The maximum atomic E-state index is 12.9. The number of phenolic OH excluding ortho intramolecular Hbond substituents is 2. The molecule has 2 heterocycles. The number of phenols is 2. The van der Waals surface area contributed by atoms with Crippen LogP contribution < -0.4 is 11.1 Å². The van der Waals surface area contributed by atoms with E-state index in [1.807, 2.05) is 0 Å². The average molecular weight is 611 g/mol. The molecular weight excluding hydrogens is 564 g/mol. The molecule has 1 aromatic rings. The lowest BCUT2D eigenvalue weighted by Crippen LogP contribution is -2.60. The number of carbonyl (C=O) groups is 2. The zero-order valence-corrected chi connectivity index (χ0v) is 25.6. The van der Waals surface area contributed by atoms with E-state index in [1.165, 1.54) is 14.2 Å². The van der Waals surface area contributed by atoms with Gasteiger partial charge in [-0.2, -0.15) is 0 Å². The van der Waals surface area contributed by atoms with E-state index >= 15 is 0 Å². The number of amides is 1. The molecule has 1 amide bonds. The van der Waals surface area contributed by atoms with Gasteiger partial charge in [-0.1, -0.05) is 19.4 Å². The third-order valence-electron chi connectivity index (χ3n) is 8.70. The van der Waals surface area contributed by atoms with Crippen LogP contribution in [0.3, 0.4) is 0 Å². The lowest BCUT2D eigenvalue weighted by molar-refractivity contribution is -0.216. The number of cyclic esters (lactones) is 1. The monoisotopic (exact) mass is 610 g/mol. The maximum absolute atomic E-state index is 12.9. The summed E-state index contributed by atoms with van der Waals surface area (Å²) >= 11 is 0. The van der Waals surface area contributed by atoms with Gasteiger partial charge in [0.15, 0.2) is 12.3 Å². The van der Waals surface area contributed by atoms with Crippen molar-refractivity contribution in [2.24, 2.45) is 11.1 Å². The second-order valence-corrected chi connectivity index (χ2v) is 12.2. The smallest absolute Gasteiger partial charge is 0.342 e. The third-order valence-corrected chi connectivity index (χ3v) is 8.70. The molecule has 0 aliphatic carbocycles. The number of nitrogens with two attached hydrogens (primary N) is 1. The fraction of sp³-hybridized carbons (Fsp3) is 0.667. The van der Waals surface area contributed by atoms with E-state index in [2.05, 4.69) is 11.9 Å². The van der Waals surface area contributed by atoms with Crippen molar-refractivity contribution in [3.05, 3.63) is 34.9 Å². The van der Waals surface area contributed by atoms with Crippen molar-refractivity contribution >= 4 is 11.9 Å². The van der Waals surface area contributed by atoms with Crippen LogP contribution in [0.5, 0.6) is 11.5 Å². The number of nitrogens with one attached hydrogen (secondary N) is 1. The second kappa shape index (κ2) is 13.9. The first-order valence-corrected chi connectivity index (χ1v) is 14.2. The van der Waals surface area contributed by atoms with E-state index in [0.29, 0.717) is 11.1 Å². The van der Waals surface area contributed by atoms with Crippen molar-refractivity contribution in [3.8, 4) is 11.5 Å². The van der Waals surface area contributed by atoms with Crippen LogP contribution in [0.4, 0.5) is 0 Å². The summed E-state index contributed by atoms with van der Waals surface area (Å²) in [7, 11) is 2.73. The molecule has 2 aliphatic rings. The Kier molecular flexibility index (Phi) is 11.2. The van der Waals surface area contributed by atoms with Crippen LogP contribution in [0.2, 0.25) is 0 Å². The number of rotatable bonds is 12. The highest BCUT2D eigenvalue weighted by Crippen LogP contribution is 2.41. The second-order valence-electron chi connectivity index (χ2n) is 12.2. The summed E-state index contributed by atoms with van der Waals surface area (Å²) in [6.45, 7) is 10.7. The third kappa shape index (κ3) is 7.48. The van der Waals surface area contributed by atoms with Crippen LogP contribution in [-0.2, 0) is 30.2 Å². The summed E-state index contributed by atoms with van der Waals surface area (Å²) in [5.41, 5.74) is 6.97. The van der Waals surface area contributed by atoms with Crippen molar-refractivity contribution in [1.82, 2.24) is 5.32 Å². The Morgan fingerprint density at radius 1 is 1.21 bits per heavy atom. The Bertz CT molecular complexity index is 1190. The molecule has 8 N–H and O–H groups in total. The summed E-state index contributed by atoms with van der Waals surface area (Å²) in [4.78, 5) is 25.6. The van der Waals surface area contributed by atoms with Crippen LogP contribution in [0.1, 0.15) is 61.5 Å². The highest BCUT2D eigenvalue weighted by Gasteiger charge is 2.48. The number of benzene rings is 1. The fourth-order valence-corrected chi connectivity index (χ4v) is 5.67. The lowest BCUT2D eigenvalue weighted by Gasteiger charge is -2.48. The molecule has 0 bridgehead atoms. The molecule has 242 valence electrons. The van der Waals surface area contributed by atoms with E-state index in [1.54, 1.807) is 27.7 Å². The van der Waals surface area contributed by atoms with Crippen LogP contribution in [0.25, 0.3) is 0 Å². The van der Waals surface area contributed by atoms with Gasteiger partial charge in [-0.05, 0) is 31.4 Å². The Morgan fingerprint density at radius 2 is 1.86 bits per heavy atom. The molecule has 2 aliphatic heterocycles. The largest absolute Gasteiger partial charge is 0.508 e. The zero-order chi connectivity index (χ0) is 32.4. The molecule has 0 spiro atoms. The normalized spacial score (nSPS) is 26.8. The van der Waals surface area contributed by atoms with Crippen molar-refractivity contribution in [3.63, 3.8) is 0 Å². The fourth-order valence-electron chi connectivity index (χ4n) is 5.67. The van der Waals surface area contributed by atoms with Crippen molar-refractivity contribution < 1.29 is 54.1 Å². The number of aromatic hydroxyl groups is 2. The molecule has 0 radical (unpaired) electrons. The van der Waals surface area contributed by atoms with Gasteiger partial charge in [0.1, 0.15) is 29.3 Å². The Balaban J connectivity index is 1.73. The Morgan fingerprint density at radius 3 is 2.44 bits per heavy atom. The van der Waals surface area contributed by atoms with Gasteiger partial charge in [0.2, 0.25) is 0 Å². The standard InChI is InChI=1S/C30H46N2O11/c1-13(2)8-20(40-6)26(37)27(38)32-28(41-7)21-12-22(36)30(4,5)23(42-21)11-18(35)25(31)19-9-15-14(3)16(33)10-17(34)24(15)29(39)43-19/h10,18-23,25-26,28,33-37H,1,8-9,11-12,31H2,2-7H3,(H,32,38)/t18-,19+,20-,21-,22+,23?,25+,26?,28-/m0/s1. The van der Waals surface area contributed by atoms with Crippen LogP contribution in [-0.4, -0.2) is 107 Å². The molecule has 0 saturated carbocycles. The van der Waals surface area contributed by atoms with E-state index in [-0.39, 0.29) is 37.0 Å². The number of esters is 1. The number of methoxy groups -OCH3 is 2. The van der Waals surface area contributed by atoms with Gasteiger partial charge in [-0.25, -0.2) is 4.79 Å². The van der Waals surface area contributed by atoms with Gasteiger partial charge < -0.3 is 55.5 Å². The predicted octanol–water partition coefficient (Wildman–Crippen LogP) is 0.541. The molecule has 0 aromatic heterocycles. The van der Waals surface area contributed by atoms with Crippen LogP contribution in [0.15, 0.2) is 18.2 Å². The molecule has 13 nitrogen and oxygen atoms in total. The molecular formula is C30H46N2O11. The van der Waals surface area contributed by atoms with Gasteiger partial charge in [-0.15, -0.1) is 6.58 Å². The predicted molar refractivity (Wildman–Crippen MR) is 154 cm³/mol. The van der Waals surface area contributed by atoms with Gasteiger partial charge in [0.05, 0.1) is 30.5 Å². The van der Waals surface area contributed by atoms with Crippen LogP contribution in [0, 0.1) is 12.3 Å².